The number of carbonyl (C=O) groups excluding carboxylic acids is 2. The zero-order chi connectivity index (χ0) is 22.4. The molecule has 0 radical (unpaired) electrons. The van der Waals surface area contributed by atoms with Crippen LogP contribution in [-0.4, -0.2) is 37.9 Å². The Hall–Kier alpha value is -1.37. The first-order chi connectivity index (χ1) is 14.3. The molecular formula is C21H33BrNO6P. The summed E-state index contributed by atoms with van der Waals surface area (Å²) in [6, 6.07) is 5.70. The molecule has 0 spiro atoms. The van der Waals surface area contributed by atoms with E-state index < -0.39 is 25.5 Å². The minimum Gasteiger partial charge on any atom is -0.466 e. The largest absolute Gasteiger partial charge is 0.466 e. The van der Waals surface area contributed by atoms with E-state index in [0.29, 0.717) is 12.4 Å². The first-order valence-corrected chi connectivity index (χ1v) is 13.3. The van der Waals surface area contributed by atoms with Gasteiger partial charge in [0.15, 0.2) is 0 Å². The Bertz CT molecular complexity index is 697. The highest BCUT2D eigenvalue weighted by Crippen LogP contribution is 2.40. The van der Waals surface area contributed by atoms with Crippen molar-refractivity contribution in [3.05, 3.63) is 28.7 Å². The van der Waals surface area contributed by atoms with E-state index in [1.54, 1.807) is 24.3 Å². The molecule has 0 fully saturated rings. The third kappa shape index (κ3) is 11.7. The average molecular weight is 506 g/mol. The number of rotatable bonds is 15. The van der Waals surface area contributed by atoms with Gasteiger partial charge in [-0.3, -0.25) is 14.2 Å². The molecule has 2 atom stereocenters. The van der Waals surface area contributed by atoms with Crippen LogP contribution < -0.4 is 9.61 Å². The summed E-state index contributed by atoms with van der Waals surface area (Å²) >= 11 is 3.32. The van der Waals surface area contributed by atoms with Crippen LogP contribution in [0.15, 0.2) is 28.7 Å². The van der Waals surface area contributed by atoms with Crippen LogP contribution in [0.1, 0.15) is 58.8 Å². The molecule has 1 aromatic rings. The number of esters is 2. The van der Waals surface area contributed by atoms with Gasteiger partial charge in [0.1, 0.15) is 11.8 Å². The van der Waals surface area contributed by atoms with Gasteiger partial charge in [-0.25, -0.2) is 5.09 Å². The van der Waals surface area contributed by atoms with E-state index in [4.69, 9.17) is 14.0 Å². The lowest BCUT2D eigenvalue weighted by molar-refractivity contribution is -0.152. The van der Waals surface area contributed by atoms with Gasteiger partial charge in [0.25, 0.3) is 0 Å². The van der Waals surface area contributed by atoms with E-state index in [-0.39, 0.29) is 13.0 Å². The van der Waals surface area contributed by atoms with Crippen LogP contribution in [0.5, 0.6) is 5.75 Å². The fourth-order valence-electron chi connectivity index (χ4n) is 2.58. The van der Waals surface area contributed by atoms with E-state index in [1.165, 1.54) is 6.66 Å². The molecular weight excluding hydrogens is 473 g/mol. The molecule has 1 rings (SSSR count). The van der Waals surface area contributed by atoms with Crippen molar-refractivity contribution in [2.45, 2.75) is 64.8 Å². The summed E-state index contributed by atoms with van der Waals surface area (Å²) in [7, 11) is -3.45. The lowest BCUT2D eigenvalue weighted by Gasteiger charge is -2.22. The first kappa shape index (κ1) is 26.7. The molecule has 1 aromatic carbocycles. The molecule has 7 nitrogen and oxygen atoms in total. The SMILES string of the molecule is CCCCCOC(=O)CC(NP(C)(=O)Oc1ccc(Br)cc1)C(=O)OCCCCC. The average Bonchev–Trinajstić information content (AvgIpc) is 2.69. The molecule has 30 heavy (non-hydrogen) atoms. The fourth-order valence-corrected chi connectivity index (χ4v) is 4.18. The van der Waals surface area contributed by atoms with E-state index >= 15 is 0 Å². The van der Waals surface area contributed by atoms with Gasteiger partial charge in [0.05, 0.1) is 19.6 Å². The summed E-state index contributed by atoms with van der Waals surface area (Å²) in [5.74, 6) is -0.801. The second-order valence-electron chi connectivity index (χ2n) is 7.08. The lowest BCUT2D eigenvalue weighted by Crippen LogP contribution is -2.39. The molecule has 0 heterocycles. The van der Waals surface area contributed by atoms with Crippen molar-refractivity contribution in [3.63, 3.8) is 0 Å². The highest BCUT2D eigenvalue weighted by atomic mass is 79.9. The van der Waals surface area contributed by atoms with Crippen LogP contribution in [0.2, 0.25) is 0 Å². The number of unbranched alkanes of at least 4 members (excludes halogenated alkanes) is 4. The Morgan fingerprint density at radius 1 is 1.00 bits per heavy atom. The van der Waals surface area contributed by atoms with Gasteiger partial charge in [-0.15, -0.1) is 0 Å². The predicted molar refractivity (Wildman–Crippen MR) is 121 cm³/mol. The maximum absolute atomic E-state index is 12.9. The molecule has 1 N–H and O–H groups in total. The van der Waals surface area contributed by atoms with Gasteiger partial charge in [-0.05, 0) is 37.1 Å². The summed E-state index contributed by atoms with van der Waals surface area (Å²) < 4.78 is 29.8. The Morgan fingerprint density at radius 2 is 1.57 bits per heavy atom. The number of benzene rings is 1. The van der Waals surface area contributed by atoms with Crippen molar-refractivity contribution in [1.29, 1.82) is 0 Å². The highest BCUT2D eigenvalue weighted by Gasteiger charge is 2.31. The van der Waals surface area contributed by atoms with Crippen LogP contribution in [0.3, 0.4) is 0 Å². The van der Waals surface area contributed by atoms with Gasteiger partial charge in [0.2, 0.25) is 0 Å². The van der Waals surface area contributed by atoms with Crippen LogP contribution in [0, 0.1) is 0 Å². The van der Waals surface area contributed by atoms with Crippen molar-refractivity contribution < 1.29 is 28.2 Å². The van der Waals surface area contributed by atoms with E-state index in [0.717, 1.165) is 43.0 Å². The van der Waals surface area contributed by atoms with Crippen molar-refractivity contribution >= 4 is 35.4 Å². The van der Waals surface area contributed by atoms with Gasteiger partial charge >= 0.3 is 19.5 Å². The second-order valence-corrected chi connectivity index (χ2v) is 10.1. The third-order valence-electron chi connectivity index (χ3n) is 4.14. The van der Waals surface area contributed by atoms with Gasteiger partial charge in [-0.1, -0.05) is 55.5 Å². The van der Waals surface area contributed by atoms with Gasteiger partial charge in [0, 0.05) is 11.1 Å². The minimum absolute atomic E-state index is 0.248. The minimum atomic E-state index is -3.45. The Kier molecular flexibility index (Phi) is 13.0. The van der Waals surface area contributed by atoms with E-state index in [1.807, 2.05) is 6.92 Å². The zero-order valence-electron chi connectivity index (χ0n) is 18.0. The molecule has 170 valence electrons. The summed E-state index contributed by atoms with van der Waals surface area (Å²) in [6.45, 7) is 6.01. The lowest BCUT2D eigenvalue weighted by atomic mass is 10.2. The summed E-state index contributed by atoms with van der Waals surface area (Å²) in [6.07, 6.45) is 5.12. The Morgan fingerprint density at radius 3 is 2.13 bits per heavy atom. The van der Waals surface area contributed by atoms with E-state index in [9.17, 15) is 14.2 Å². The van der Waals surface area contributed by atoms with Gasteiger partial charge < -0.3 is 14.0 Å². The highest BCUT2D eigenvalue weighted by molar-refractivity contribution is 9.10. The number of hydrogen-bond acceptors (Lipinski definition) is 6. The number of nitrogens with one attached hydrogen (secondary N) is 1. The summed E-state index contributed by atoms with van der Waals surface area (Å²) in [5, 5.41) is 2.68. The monoisotopic (exact) mass is 505 g/mol. The van der Waals surface area contributed by atoms with Crippen LogP contribution >= 0.6 is 23.4 Å². The molecule has 0 saturated heterocycles. The third-order valence-corrected chi connectivity index (χ3v) is 6.01. The number of hydrogen-bond donors (Lipinski definition) is 1. The first-order valence-electron chi connectivity index (χ1n) is 10.4. The fraction of sp³-hybridized carbons (Fsp3) is 0.619. The van der Waals surface area contributed by atoms with Crippen LogP contribution in [-0.2, 0) is 23.6 Å². The molecule has 2 unspecified atom stereocenters. The van der Waals surface area contributed by atoms with Crippen molar-refractivity contribution in [3.8, 4) is 5.75 Å². The maximum atomic E-state index is 12.9. The maximum Gasteiger partial charge on any atom is 0.324 e. The van der Waals surface area contributed by atoms with Crippen LogP contribution in [0.25, 0.3) is 0 Å². The molecule has 0 aliphatic heterocycles. The topological polar surface area (TPSA) is 90.9 Å². The van der Waals surface area contributed by atoms with E-state index in [2.05, 4.69) is 27.9 Å². The zero-order valence-corrected chi connectivity index (χ0v) is 20.5. The molecule has 0 bridgehead atoms. The summed E-state index contributed by atoms with van der Waals surface area (Å²) in [4.78, 5) is 24.7. The van der Waals surface area contributed by atoms with Crippen molar-refractivity contribution in [1.82, 2.24) is 5.09 Å². The van der Waals surface area contributed by atoms with Crippen LogP contribution in [0.4, 0.5) is 0 Å². The number of ether oxygens (including phenoxy) is 2. The standard InChI is InChI=1S/C21H33BrNO6P/c1-4-6-8-14-27-20(24)16-19(21(25)28-15-9-7-5-2)23-30(3,26)29-18-12-10-17(22)11-13-18/h10-13,19H,4-9,14-16H2,1-3H3,(H,23,26). The molecule has 0 amide bonds. The summed E-state index contributed by atoms with van der Waals surface area (Å²) in [5.41, 5.74) is 0. The normalized spacial score (nSPS) is 13.9. The molecule has 0 saturated carbocycles. The number of halogens is 1. The predicted octanol–water partition coefficient (Wildman–Crippen LogP) is 5.47. The molecule has 0 aromatic heterocycles. The second kappa shape index (κ2) is 14.6. The Balaban J connectivity index is 2.74. The smallest absolute Gasteiger partial charge is 0.324 e. The van der Waals surface area contributed by atoms with Gasteiger partial charge in [-0.2, -0.15) is 0 Å². The number of carbonyl (C=O) groups is 2. The van der Waals surface area contributed by atoms with Crippen molar-refractivity contribution in [2.75, 3.05) is 19.9 Å². The van der Waals surface area contributed by atoms with Crippen molar-refractivity contribution in [2.24, 2.45) is 0 Å². The quantitative estimate of drug-likeness (QED) is 0.192. The molecule has 0 aliphatic carbocycles. The molecule has 9 heteroatoms. The molecule has 0 aliphatic rings. The Labute approximate surface area is 187 Å².